The summed E-state index contributed by atoms with van der Waals surface area (Å²) < 4.78 is 16.9. The Hall–Kier alpha value is 0.230. The van der Waals surface area contributed by atoms with E-state index in [1.807, 2.05) is 0 Å². The molecule has 2 aliphatic heterocycles. The first kappa shape index (κ1) is 12.3. The van der Waals surface area contributed by atoms with Crippen LogP contribution >= 0.6 is 11.8 Å². The molecular formula is C13H22O3S. The summed E-state index contributed by atoms with van der Waals surface area (Å²) in [6.45, 7) is 3.50. The lowest BCUT2D eigenvalue weighted by Gasteiger charge is -2.36. The van der Waals surface area contributed by atoms with Crippen LogP contribution in [0.25, 0.3) is 0 Å². The Bertz CT molecular complexity index is 237. The van der Waals surface area contributed by atoms with E-state index in [0.29, 0.717) is 0 Å². The molecule has 1 spiro atoms. The van der Waals surface area contributed by atoms with Gasteiger partial charge in [-0.1, -0.05) is 0 Å². The van der Waals surface area contributed by atoms with Gasteiger partial charge in [-0.15, -0.1) is 0 Å². The van der Waals surface area contributed by atoms with E-state index in [4.69, 9.17) is 14.2 Å². The second kappa shape index (κ2) is 5.47. The molecule has 17 heavy (non-hydrogen) atoms. The predicted molar refractivity (Wildman–Crippen MR) is 68.3 cm³/mol. The van der Waals surface area contributed by atoms with E-state index in [-0.39, 0.29) is 5.79 Å². The van der Waals surface area contributed by atoms with Crippen LogP contribution in [0.15, 0.2) is 0 Å². The maximum atomic E-state index is 5.77. The number of ether oxygens (including phenoxy) is 3. The van der Waals surface area contributed by atoms with Crippen molar-refractivity contribution in [2.45, 2.75) is 54.8 Å². The SMILES string of the molecule is C1CC(SC2CCC3(CC2)OCCO3)CCO1. The van der Waals surface area contributed by atoms with Gasteiger partial charge in [0.05, 0.1) is 13.2 Å². The second-order valence-electron chi connectivity index (χ2n) is 5.25. The van der Waals surface area contributed by atoms with Crippen molar-refractivity contribution in [2.24, 2.45) is 0 Å². The Morgan fingerprint density at radius 1 is 0.765 bits per heavy atom. The quantitative estimate of drug-likeness (QED) is 0.761. The highest BCUT2D eigenvalue weighted by Crippen LogP contribution is 2.41. The Morgan fingerprint density at radius 3 is 2.00 bits per heavy atom. The Kier molecular flexibility index (Phi) is 3.95. The summed E-state index contributed by atoms with van der Waals surface area (Å²) in [6.07, 6.45) is 7.16. The molecular weight excluding hydrogens is 236 g/mol. The van der Waals surface area contributed by atoms with Crippen molar-refractivity contribution in [3.05, 3.63) is 0 Å². The molecule has 0 aromatic carbocycles. The summed E-state index contributed by atoms with van der Waals surface area (Å²) in [7, 11) is 0. The third-order valence-corrected chi connectivity index (χ3v) is 5.77. The van der Waals surface area contributed by atoms with Crippen LogP contribution in [0.4, 0.5) is 0 Å². The molecule has 3 aliphatic rings. The minimum Gasteiger partial charge on any atom is -0.381 e. The smallest absolute Gasteiger partial charge is 0.168 e. The number of hydrogen-bond acceptors (Lipinski definition) is 4. The molecule has 0 atom stereocenters. The van der Waals surface area contributed by atoms with E-state index in [0.717, 1.165) is 49.8 Å². The van der Waals surface area contributed by atoms with Crippen LogP contribution in [0.2, 0.25) is 0 Å². The van der Waals surface area contributed by atoms with Crippen LogP contribution in [-0.2, 0) is 14.2 Å². The fourth-order valence-electron chi connectivity index (χ4n) is 3.04. The molecule has 0 N–H and O–H groups in total. The Labute approximate surface area is 108 Å². The summed E-state index contributed by atoms with van der Waals surface area (Å²) in [5, 5.41) is 1.64. The molecule has 2 heterocycles. The van der Waals surface area contributed by atoms with E-state index in [9.17, 15) is 0 Å². The molecule has 0 radical (unpaired) electrons. The first-order valence-electron chi connectivity index (χ1n) is 6.87. The van der Waals surface area contributed by atoms with Gasteiger partial charge in [-0.25, -0.2) is 0 Å². The standard InChI is InChI=1S/C13H22O3S/c1-5-13(15-9-10-16-13)6-2-11(1)17-12-3-7-14-8-4-12/h11-12H,1-10H2. The van der Waals surface area contributed by atoms with Crippen LogP contribution in [0, 0.1) is 0 Å². The molecule has 4 heteroatoms. The van der Waals surface area contributed by atoms with E-state index in [1.54, 1.807) is 0 Å². The molecule has 0 aromatic rings. The summed E-state index contributed by atoms with van der Waals surface area (Å²) in [6, 6.07) is 0. The van der Waals surface area contributed by atoms with E-state index in [1.165, 1.54) is 25.7 Å². The Morgan fingerprint density at radius 2 is 1.35 bits per heavy atom. The van der Waals surface area contributed by atoms with Crippen molar-refractivity contribution < 1.29 is 14.2 Å². The average molecular weight is 258 g/mol. The molecule has 0 aromatic heterocycles. The van der Waals surface area contributed by atoms with Gasteiger partial charge in [-0.3, -0.25) is 0 Å². The lowest BCUT2D eigenvalue weighted by atomic mass is 9.94. The fourth-order valence-corrected chi connectivity index (χ4v) is 4.55. The molecule has 3 fully saturated rings. The largest absolute Gasteiger partial charge is 0.381 e. The molecule has 98 valence electrons. The maximum Gasteiger partial charge on any atom is 0.168 e. The molecule has 1 saturated carbocycles. The van der Waals surface area contributed by atoms with E-state index in [2.05, 4.69) is 11.8 Å². The topological polar surface area (TPSA) is 27.7 Å². The highest BCUT2D eigenvalue weighted by Gasteiger charge is 2.40. The van der Waals surface area contributed by atoms with Gasteiger partial charge in [-0.05, 0) is 25.7 Å². The first-order chi connectivity index (χ1) is 8.36. The summed E-state index contributed by atoms with van der Waals surface area (Å²) in [4.78, 5) is 0. The number of hydrogen-bond donors (Lipinski definition) is 0. The monoisotopic (exact) mass is 258 g/mol. The maximum absolute atomic E-state index is 5.77. The van der Waals surface area contributed by atoms with E-state index < -0.39 is 0 Å². The predicted octanol–water partition coefficient (Wildman–Crippen LogP) is 2.58. The molecule has 1 aliphatic carbocycles. The van der Waals surface area contributed by atoms with E-state index >= 15 is 0 Å². The van der Waals surface area contributed by atoms with Gasteiger partial charge in [0.25, 0.3) is 0 Å². The van der Waals surface area contributed by atoms with Gasteiger partial charge >= 0.3 is 0 Å². The van der Waals surface area contributed by atoms with Crippen LogP contribution in [0.5, 0.6) is 0 Å². The van der Waals surface area contributed by atoms with Gasteiger partial charge in [-0.2, -0.15) is 11.8 Å². The molecule has 0 amide bonds. The summed E-state index contributed by atoms with van der Waals surface area (Å²) in [5.41, 5.74) is 0. The zero-order valence-corrected chi connectivity index (χ0v) is 11.2. The lowest BCUT2D eigenvalue weighted by molar-refractivity contribution is -0.175. The van der Waals surface area contributed by atoms with Gasteiger partial charge in [0.15, 0.2) is 5.79 Å². The molecule has 2 saturated heterocycles. The van der Waals surface area contributed by atoms with Crippen LogP contribution < -0.4 is 0 Å². The van der Waals surface area contributed by atoms with Crippen molar-refractivity contribution >= 4 is 11.8 Å². The Balaban J connectivity index is 1.44. The molecule has 0 bridgehead atoms. The zero-order valence-electron chi connectivity index (χ0n) is 10.4. The van der Waals surface area contributed by atoms with Crippen LogP contribution in [-0.4, -0.2) is 42.7 Å². The average Bonchev–Trinajstić information content (AvgIpc) is 2.83. The minimum atomic E-state index is -0.188. The van der Waals surface area contributed by atoms with Crippen molar-refractivity contribution in [1.29, 1.82) is 0 Å². The van der Waals surface area contributed by atoms with Crippen LogP contribution in [0.1, 0.15) is 38.5 Å². The van der Waals surface area contributed by atoms with Gasteiger partial charge in [0, 0.05) is 36.6 Å². The lowest BCUT2D eigenvalue weighted by Crippen LogP contribution is -2.36. The third kappa shape index (κ3) is 2.98. The number of rotatable bonds is 2. The molecule has 3 rings (SSSR count). The van der Waals surface area contributed by atoms with Gasteiger partial charge in [0.1, 0.15) is 0 Å². The summed E-state index contributed by atoms with van der Waals surface area (Å²) in [5.74, 6) is -0.188. The minimum absolute atomic E-state index is 0.188. The van der Waals surface area contributed by atoms with Gasteiger partial charge in [0.2, 0.25) is 0 Å². The normalized spacial score (nSPS) is 31.1. The fraction of sp³-hybridized carbons (Fsp3) is 1.00. The highest BCUT2D eigenvalue weighted by molar-refractivity contribution is 8.00. The van der Waals surface area contributed by atoms with Crippen molar-refractivity contribution in [2.75, 3.05) is 26.4 Å². The van der Waals surface area contributed by atoms with Crippen molar-refractivity contribution in [3.8, 4) is 0 Å². The van der Waals surface area contributed by atoms with Crippen molar-refractivity contribution in [3.63, 3.8) is 0 Å². The summed E-state index contributed by atoms with van der Waals surface area (Å²) >= 11 is 2.19. The first-order valence-corrected chi connectivity index (χ1v) is 7.82. The number of thioether (sulfide) groups is 1. The second-order valence-corrected chi connectivity index (χ2v) is 6.86. The third-order valence-electron chi connectivity index (χ3n) is 4.06. The molecule has 3 nitrogen and oxygen atoms in total. The van der Waals surface area contributed by atoms with Crippen molar-refractivity contribution in [1.82, 2.24) is 0 Å². The molecule has 0 unspecified atom stereocenters. The van der Waals surface area contributed by atoms with Crippen LogP contribution in [0.3, 0.4) is 0 Å². The highest BCUT2D eigenvalue weighted by atomic mass is 32.2. The van der Waals surface area contributed by atoms with Gasteiger partial charge < -0.3 is 14.2 Å². The zero-order chi connectivity index (χ0) is 11.6.